The lowest BCUT2D eigenvalue weighted by molar-refractivity contribution is -0.898. The molecule has 2 heterocycles. The van der Waals surface area contributed by atoms with E-state index in [2.05, 4.69) is 65.8 Å². The van der Waals surface area contributed by atoms with Crippen LogP contribution in [0, 0.1) is 0 Å². The summed E-state index contributed by atoms with van der Waals surface area (Å²) in [6.07, 6.45) is 2.03. The molecule has 1 N–H and O–H groups in total. The lowest BCUT2D eigenvalue weighted by atomic mass is 9.83. The Morgan fingerprint density at radius 2 is 1.51 bits per heavy atom. The van der Waals surface area contributed by atoms with Crippen molar-refractivity contribution in [2.45, 2.75) is 24.4 Å². The highest BCUT2D eigenvalue weighted by Gasteiger charge is 2.50. The predicted molar refractivity (Wildman–Crippen MR) is 135 cm³/mol. The number of rotatable bonds is 8. The van der Waals surface area contributed by atoms with Crippen LogP contribution in [0.25, 0.3) is 0 Å². The molecule has 0 spiro atoms. The molecule has 2 aliphatic rings. The van der Waals surface area contributed by atoms with E-state index in [9.17, 15) is 4.79 Å². The van der Waals surface area contributed by atoms with Gasteiger partial charge in [0.2, 0.25) is 0 Å². The highest BCUT2D eigenvalue weighted by Crippen LogP contribution is 2.37. The number of ether oxygens (including phenoxy) is 1. The van der Waals surface area contributed by atoms with Crippen molar-refractivity contribution in [3.8, 4) is 5.75 Å². The fraction of sp³-hybridized carbons (Fsp3) is 0.345. The zero-order valence-electron chi connectivity index (χ0n) is 20.3. The third-order valence-corrected chi connectivity index (χ3v) is 7.47. The van der Waals surface area contributed by atoms with Gasteiger partial charge in [-0.05, 0) is 23.3 Å². The third-order valence-electron chi connectivity index (χ3n) is 7.47. The minimum absolute atomic E-state index is 0. The van der Waals surface area contributed by atoms with Crippen molar-refractivity contribution in [1.82, 2.24) is 10.2 Å². The molecule has 0 aliphatic carbocycles. The Labute approximate surface area is 225 Å². The lowest BCUT2D eigenvalue weighted by Crippen LogP contribution is -3.00. The molecule has 3 aromatic carbocycles. The maximum atomic E-state index is 13.3. The Bertz CT molecular complexity index is 1060. The Balaban J connectivity index is 0.00000289. The highest BCUT2D eigenvalue weighted by atomic mass is 127. The van der Waals surface area contributed by atoms with Gasteiger partial charge in [-0.1, -0.05) is 78.9 Å². The van der Waals surface area contributed by atoms with E-state index < -0.39 is 5.54 Å². The SMILES string of the molecule is C[N+]1(CCCOc2ccccc2)CCC(N2CC(c3ccccc3)(c3ccccc3)NC2=O)C1.[I-]. The number of quaternary nitrogens is 1. The summed E-state index contributed by atoms with van der Waals surface area (Å²) in [4.78, 5) is 15.4. The molecule has 0 aromatic heterocycles. The fourth-order valence-corrected chi connectivity index (χ4v) is 5.62. The molecule has 2 aliphatic heterocycles. The van der Waals surface area contributed by atoms with Crippen LogP contribution in [0.2, 0.25) is 0 Å². The van der Waals surface area contributed by atoms with Gasteiger partial charge in [0.05, 0.1) is 45.9 Å². The normalized spacial score (nSPS) is 22.9. The standard InChI is InChI=1S/C29H33N3O2.HI/c1-32(19-11-21-34-27-16-9-4-10-17-27)20-18-26(22-32)31-23-29(30-28(31)33,24-12-5-2-6-13-24)25-14-7-3-8-15-25;/h2-10,12-17,26H,11,18-23H2,1H3;1H. The van der Waals surface area contributed by atoms with Gasteiger partial charge in [-0.2, -0.15) is 0 Å². The molecule has 2 atom stereocenters. The third kappa shape index (κ3) is 5.48. The van der Waals surface area contributed by atoms with Crippen molar-refractivity contribution in [2.75, 3.05) is 39.8 Å². The summed E-state index contributed by atoms with van der Waals surface area (Å²) in [5.41, 5.74) is 1.74. The van der Waals surface area contributed by atoms with Gasteiger partial charge in [0, 0.05) is 12.8 Å². The van der Waals surface area contributed by atoms with Crippen molar-refractivity contribution in [2.24, 2.45) is 0 Å². The van der Waals surface area contributed by atoms with Crippen LogP contribution >= 0.6 is 0 Å². The number of hydrogen-bond donors (Lipinski definition) is 1. The van der Waals surface area contributed by atoms with Gasteiger partial charge in [-0.3, -0.25) is 0 Å². The Morgan fingerprint density at radius 1 is 0.943 bits per heavy atom. The topological polar surface area (TPSA) is 41.6 Å². The number of nitrogens with one attached hydrogen (secondary N) is 1. The van der Waals surface area contributed by atoms with Gasteiger partial charge in [0.1, 0.15) is 11.3 Å². The van der Waals surface area contributed by atoms with Gasteiger partial charge in [0.15, 0.2) is 0 Å². The van der Waals surface area contributed by atoms with E-state index in [1.165, 1.54) is 0 Å². The number of urea groups is 1. The molecule has 184 valence electrons. The van der Waals surface area contributed by atoms with E-state index in [0.717, 1.165) is 60.4 Å². The van der Waals surface area contributed by atoms with Crippen LogP contribution in [0.1, 0.15) is 24.0 Å². The molecule has 5 rings (SSSR count). The quantitative estimate of drug-likeness (QED) is 0.249. The molecule has 0 saturated carbocycles. The number of amides is 2. The molecule has 5 nitrogen and oxygen atoms in total. The molecule has 0 radical (unpaired) electrons. The molecule has 3 aromatic rings. The summed E-state index contributed by atoms with van der Waals surface area (Å²) < 4.78 is 6.88. The van der Waals surface area contributed by atoms with Crippen LogP contribution in [0.3, 0.4) is 0 Å². The Hall–Kier alpha value is -2.58. The van der Waals surface area contributed by atoms with Gasteiger partial charge in [0.25, 0.3) is 0 Å². The molecule has 35 heavy (non-hydrogen) atoms. The summed E-state index contributed by atoms with van der Waals surface area (Å²) in [7, 11) is 2.32. The maximum absolute atomic E-state index is 13.3. The number of hydrogen-bond acceptors (Lipinski definition) is 2. The van der Waals surface area contributed by atoms with Gasteiger partial charge in [-0.25, -0.2) is 4.79 Å². The number of likely N-dealkylation sites (N-methyl/N-ethyl adjacent to an activating group) is 1. The second-order valence-electron chi connectivity index (χ2n) is 9.90. The Kier molecular flexibility index (Phi) is 8.02. The highest BCUT2D eigenvalue weighted by molar-refractivity contribution is 5.80. The summed E-state index contributed by atoms with van der Waals surface area (Å²) in [6, 6.07) is 31.0. The minimum Gasteiger partial charge on any atom is -1.00 e. The molecule has 2 fully saturated rings. The number of carbonyl (C=O) groups is 1. The molecular weight excluding hydrogens is 549 g/mol. The van der Waals surface area contributed by atoms with Crippen LogP contribution in [-0.2, 0) is 5.54 Å². The van der Waals surface area contributed by atoms with Crippen LogP contribution < -0.4 is 34.0 Å². The number of nitrogens with zero attached hydrogens (tertiary/aromatic N) is 2. The second-order valence-corrected chi connectivity index (χ2v) is 9.90. The smallest absolute Gasteiger partial charge is 0.319 e. The minimum atomic E-state index is -0.519. The fourth-order valence-electron chi connectivity index (χ4n) is 5.62. The largest absolute Gasteiger partial charge is 1.00 e. The van der Waals surface area contributed by atoms with Crippen molar-refractivity contribution in [3.05, 3.63) is 102 Å². The van der Waals surface area contributed by atoms with E-state index in [1.807, 2.05) is 42.5 Å². The van der Waals surface area contributed by atoms with Gasteiger partial charge >= 0.3 is 6.03 Å². The van der Waals surface area contributed by atoms with E-state index in [-0.39, 0.29) is 36.0 Å². The number of benzene rings is 3. The Morgan fingerprint density at radius 3 is 2.11 bits per heavy atom. The molecular formula is C29H34IN3O2. The summed E-state index contributed by atoms with van der Waals surface area (Å²) >= 11 is 0. The van der Waals surface area contributed by atoms with Crippen molar-refractivity contribution < 1.29 is 38.0 Å². The van der Waals surface area contributed by atoms with E-state index in [4.69, 9.17) is 4.74 Å². The second kappa shape index (κ2) is 11.0. The van der Waals surface area contributed by atoms with Crippen LogP contribution in [0.4, 0.5) is 4.79 Å². The van der Waals surface area contributed by atoms with Gasteiger partial charge < -0.3 is 43.4 Å². The predicted octanol–water partition coefficient (Wildman–Crippen LogP) is 1.65. The van der Waals surface area contributed by atoms with Crippen LogP contribution in [0.5, 0.6) is 5.75 Å². The molecule has 6 heteroatoms. The van der Waals surface area contributed by atoms with Crippen molar-refractivity contribution in [3.63, 3.8) is 0 Å². The first-order chi connectivity index (χ1) is 16.6. The zero-order valence-corrected chi connectivity index (χ0v) is 22.4. The summed E-state index contributed by atoms with van der Waals surface area (Å²) in [5.74, 6) is 0.927. The maximum Gasteiger partial charge on any atom is 0.319 e. The van der Waals surface area contributed by atoms with E-state index in [1.54, 1.807) is 0 Å². The number of likely N-dealkylation sites (tertiary alicyclic amines) is 1. The first-order valence-corrected chi connectivity index (χ1v) is 12.3. The average molecular weight is 584 g/mol. The number of para-hydroxylation sites is 1. The van der Waals surface area contributed by atoms with Crippen molar-refractivity contribution in [1.29, 1.82) is 0 Å². The molecule has 0 bridgehead atoms. The monoisotopic (exact) mass is 583 g/mol. The van der Waals surface area contributed by atoms with Crippen molar-refractivity contribution >= 4 is 6.03 Å². The molecule has 2 unspecified atom stereocenters. The average Bonchev–Trinajstić information content (AvgIpc) is 3.45. The lowest BCUT2D eigenvalue weighted by Gasteiger charge is -2.32. The van der Waals surface area contributed by atoms with Crippen LogP contribution in [-0.4, -0.2) is 61.3 Å². The summed E-state index contributed by atoms with van der Waals surface area (Å²) in [5, 5.41) is 3.38. The first-order valence-electron chi connectivity index (χ1n) is 12.3. The van der Waals surface area contributed by atoms with E-state index in [0.29, 0.717) is 6.54 Å². The number of carbonyl (C=O) groups excluding carboxylic acids is 1. The first kappa shape index (κ1) is 25.5. The summed E-state index contributed by atoms with van der Waals surface area (Å²) in [6.45, 7) is 4.50. The zero-order chi connectivity index (χ0) is 23.4. The van der Waals surface area contributed by atoms with E-state index >= 15 is 0 Å². The van der Waals surface area contributed by atoms with Crippen LogP contribution in [0.15, 0.2) is 91.0 Å². The molecule has 2 amide bonds. The molecule has 2 saturated heterocycles. The number of halogens is 1. The van der Waals surface area contributed by atoms with Gasteiger partial charge in [-0.15, -0.1) is 0 Å².